The molecule has 1 fully saturated rings. The molecule has 2 aromatic carbocycles. The third-order valence-electron chi connectivity index (χ3n) is 5.89. The van der Waals surface area contributed by atoms with Gasteiger partial charge >= 0.3 is 0 Å². The second kappa shape index (κ2) is 8.03. The lowest BCUT2D eigenvalue weighted by atomic mass is 9.92. The quantitative estimate of drug-likeness (QED) is 0.646. The number of fused-ring (bicyclic) bond motifs is 1. The zero-order chi connectivity index (χ0) is 20.5. The molecule has 1 aliphatic heterocycles. The molecule has 0 aliphatic carbocycles. The fourth-order valence-electron chi connectivity index (χ4n) is 4.42. The molecule has 1 atom stereocenters. The van der Waals surface area contributed by atoms with Gasteiger partial charge in [-0.15, -0.1) is 0 Å². The first kappa shape index (κ1) is 19.7. The Morgan fingerprint density at radius 2 is 1.86 bits per heavy atom. The Bertz CT molecular complexity index is 1120. The highest BCUT2D eigenvalue weighted by Gasteiger charge is 2.26. The molecule has 0 radical (unpaired) electrons. The van der Waals surface area contributed by atoms with Crippen molar-refractivity contribution in [1.29, 1.82) is 0 Å². The van der Waals surface area contributed by atoms with Gasteiger partial charge in [-0.2, -0.15) is 0 Å². The number of halogens is 1. The van der Waals surface area contributed by atoms with Gasteiger partial charge in [-0.3, -0.25) is 9.59 Å². The number of pyridine rings is 1. The molecule has 2 N–H and O–H groups in total. The average Bonchev–Trinajstić information content (AvgIpc) is 2.97. The van der Waals surface area contributed by atoms with Gasteiger partial charge in [0.1, 0.15) is 5.56 Å². The lowest BCUT2D eigenvalue weighted by molar-refractivity contribution is 0.0999. The Hall–Kier alpha value is -2.60. The smallest absolute Gasteiger partial charge is 0.265 e. The van der Waals surface area contributed by atoms with E-state index in [2.05, 4.69) is 45.1 Å². The predicted molar refractivity (Wildman–Crippen MR) is 121 cm³/mol. The molecule has 6 heteroatoms. The highest BCUT2D eigenvalue weighted by Crippen LogP contribution is 2.35. The Labute approximate surface area is 178 Å². The minimum Gasteiger partial charge on any atom is -0.370 e. The zero-order valence-electron chi connectivity index (χ0n) is 16.4. The summed E-state index contributed by atoms with van der Waals surface area (Å²) in [5.41, 5.74) is 8.23. The molecule has 3 aromatic rings. The summed E-state index contributed by atoms with van der Waals surface area (Å²) in [6, 6.07) is 16.4. The van der Waals surface area contributed by atoms with E-state index < -0.39 is 5.91 Å². The molecule has 0 unspecified atom stereocenters. The minimum absolute atomic E-state index is 0.0838. The van der Waals surface area contributed by atoms with Crippen LogP contribution in [-0.4, -0.2) is 23.6 Å². The van der Waals surface area contributed by atoms with Crippen LogP contribution in [0.1, 0.15) is 41.1 Å². The first-order valence-corrected chi connectivity index (χ1v) is 10.7. The van der Waals surface area contributed by atoms with E-state index in [0.717, 1.165) is 47.7 Å². The molecule has 1 saturated heterocycles. The molecule has 0 saturated carbocycles. The van der Waals surface area contributed by atoms with Crippen molar-refractivity contribution in [2.45, 2.75) is 25.2 Å². The lowest BCUT2D eigenvalue weighted by Gasteiger charge is -2.27. The van der Waals surface area contributed by atoms with Crippen LogP contribution < -0.4 is 16.2 Å². The van der Waals surface area contributed by atoms with Gasteiger partial charge in [0.05, 0.1) is 11.2 Å². The Kier molecular flexibility index (Phi) is 5.46. The van der Waals surface area contributed by atoms with E-state index in [-0.39, 0.29) is 11.1 Å². The molecule has 0 spiro atoms. The minimum atomic E-state index is -0.672. The monoisotopic (exact) mass is 453 g/mol. The number of rotatable bonds is 3. The number of carbonyl (C=O) groups excluding carboxylic acids is 1. The van der Waals surface area contributed by atoms with Crippen molar-refractivity contribution in [3.63, 3.8) is 0 Å². The molecule has 1 aromatic heterocycles. The maximum Gasteiger partial charge on any atom is 0.265 e. The SMILES string of the molecule is Cn1c(=O)c(C(N)=O)c(N2CCC[C@@H](c3ccccc3)CC2)c2ccc(Br)cc21. The summed E-state index contributed by atoms with van der Waals surface area (Å²) >= 11 is 3.48. The summed E-state index contributed by atoms with van der Waals surface area (Å²) in [6.45, 7) is 1.57. The summed E-state index contributed by atoms with van der Waals surface area (Å²) in [7, 11) is 1.68. The fraction of sp³-hybridized carbons (Fsp3) is 0.304. The summed E-state index contributed by atoms with van der Waals surface area (Å²) in [5, 5.41) is 0.877. The van der Waals surface area contributed by atoms with E-state index in [9.17, 15) is 9.59 Å². The second-order valence-corrected chi connectivity index (χ2v) is 8.55. The maximum absolute atomic E-state index is 13.0. The first-order valence-electron chi connectivity index (χ1n) is 9.89. The van der Waals surface area contributed by atoms with Gasteiger partial charge in [-0.1, -0.05) is 46.3 Å². The molecular weight excluding hydrogens is 430 g/mol. The number of amides is 1. The summed E-state index contributed by atoms with van der Waals surface area (Å²) < 4.78 is 2.40. The number of aryl methyl sites for hydroxylation is 1. The molecule has 4 rings (SSSR count). The Morgan fingerprint density at radius 1 is 1.10 bits per heavy atom. The average molecular weight is 454 g/mol. The van der Waals surface area contributed by atoms with Gasteiger partial charge in [0, 0.05) is 30.0 Å². The van der Waals surface area contributed by atoms with Crippen LogP contribution in [0.5, 0.6) is 0 Å². The van der Waals surface area contributed by atoms with Gasteiger partial charge in [0.25, 0.3) is 11.5 Å². The Balaban J connectivity index is 1.81. The van der Waals surface area contributed by atoms with Gasteiger partial charge in [0.2, 0.25) is 0 Å². The topological polar surface area (TPSA) is 68.3 Å². The van der Waals surface area contributed by atoms with Crippen molar-refractivity contribution in [3.05, 3.63) is 74.5 Å². The van der Waals surface area contributed by atoms with E-state index in [1.54, 1.807) is 7.05 Å². The third kappa shape index (κ3) is 3.69. The van der Waals surface area contributed by atoms with E-state index >= 15 is 0 Å². The molecular formula is C23H24BrN3O2. The van der Waals surface area contributed by atoms with E-state index in [1.807, 2.05) is 24.3 Å². The number of hydrogen-bond donors (Lipinski definition) is 1. The van der Waals surface area contributed by atoms with Gasteiger partial charge in [-0.25, -0.2) is 0 Å². The molecule has 1 amide bonds. The molecule has 1 aliphatic rings. The van der Waals surface area contributed by atoms with E-state index in [4.69, 9.17) is 5.73 Å². The summed E-state index contributed by atoms with van der Waals surface area (Å²) in [5.74, 6) is -0.195. The van der Waals surface area contributed by atoms with Crippen LogP contribution in [0, 0.1) is 0 Å². The van der Waals surface area contributed by atoms with Crippen LogP contribution in [0.4, 0.5) is 5.69 Å². The van der Waals surface area contributed by atoms with Crippen LogP contribution in [0.15, 0.2) is 57.8 Å². The number of primary amides is 1. The van der Waals surface area contributed by atoms with Gasteiger partial charge in [-0.05, 0) is 48.9 Å². The standard InChI is InChI=1S/C23H24BrN3O2/c1-26-19-14-17(24)9-10-18(19)21(20(22(25)28)23(26)29)27-12-5-8-16(11-13-27)15-6-3-2-4-7-15/h2-4,6-7,9-10,14,16H,5,8,11-13H2,1H3,(H2,25,28)/t16-/m1/s1. The lowest BCUT2D eigenvalue weighted by Crippen LogP contribution is -2.35. The Morgan fingerprint density at radius 3 is 2.59 bits per heavy atom. The second-order valence-electron chi connectivity index (χ2n) is 7.64. The molecule has 0 bridgehead atoms. The predicted octanol–water partition coefficient (Wildman–Crippen LogP) is 4.17. The number of benzene rings is 2. The van der Waals surface area contributed by atoms with Crippen LogP contribution in [0.25, 0.3) is 10.9 Å². The highest BCUT2D eigenvalue weighted by molar-refractivity contribution is 9.10. The van der Waals surface area contributed by atoms with Crippen LogP contribution >= 0.6 is 15.9 Å². The van der Waals surface area contributed by atoms with Crippen LogP contribution in [-0.2, 0) is 7.05 Å². The first-order chi connectivity index (χ1) is 14.0. The number of carbonyl (C=O) groups is 1. The zero-order valence-corrected chi connectivity index (χ0v) is 18.0. The fourth-order valence-corrected chi connectivity index (χ4v) is 4.77. The normalized spacial score (nSPS) is 17.3. The number of nitrogens with two attached hydrogens (primary N) is 1. The highest BCUT2D eigenvalue weighted by atomic mass is 79.9. The van der Waals surface area contributed by atoms with E-state index in [0.29, 0.717) is 11.6 Å². The number of nitrogens with zero attached hydrogens (tertiary/aromatic N) is 2. The molecule has 5 nitrogen and oxygen atoms in total. The summed E-state index contributed by atoms with van der Waals surface area (Å²) in [6.07, 6.45) is 3.04. The van der Waals surface area contributed by atoms with Crippen molar-refractivity contribution in [2.24, 2.45) is 12.8 Å². The maximum atomic E-state index is 13.0. The number of hydrogen-bond acceptors (Lipinski definition) is 3. The molecule has 2 heterocycles. The van der Waals surface area contributed by atoms with Crippen LogP contribution in [0.3, 0.4) is 0 Å². The van der Waals surface area contributed by atoms with Crippen molar-refractivity contribution >= 4 is 38.4 Å². The van der Waals surface area contributed by atoms with Crippen molar-refractivity contribution < 1.29 is 4.79 Å². The van der Waals surface area contributed by atoms with Crippen LogP contribution in [0.2, 0.25) is 0 Å². The number of anilines is 1. The third-order valence-corrected chi connectivity index (χ3v) is 6.39. The van der Waals surface area contributed by atoms with Crippen molar-refractivity contribution in [1.82, 2.24) is 4.57 Å². The largest absolute Gasteiger partial charge is 0.370 e. The number of aromatic nitrogens is 1. The van der Waals surface area contributed by atoms with Crippen molar-refractivity contribution in [2.75, 3.05) is 18.0 Å². The molecule has 29 heavy (non-hydrogen) atoms. The van der Waals surface area contributed by atoms with E-state index in [1.165, 1.54) is 10.1 Å². The van der Waals surface area contributed by atoms with Gasteiger partial charge < -0.3 is 15.2 Å². The molecule has 150 valence electrons. The van der Waals surface area contributed by atoms with Crippen molar-refractivity contribution in [3.8, 4) is 0 Å². The van der Waals surface area contributed by atoms with Gasteiger partial charge in [0.15, 0.2) is 0 Å². The summed E-state index contributed by atoms with van der Waals surface area (Å²) in [4.78, 5) is 27.5.